The highest BCUT2D eigenvalue weighted by molar-refractivity contribution is 6.30. The summed E-state index contributed by atoms with van der Waals surface area (Å²) < 4.78 is 0. The minimum absolute atomic E-state index is 0.104. The molecule has 0 aliphatic heterocycles. The van der Waals surface area contributed by atoms with E-state index in [2.05, 4.69) is 14.1 Å². The van der Waals surface area contributed by atoms with Gasteiger partial charge < -0.3 is 19.9 Å². The van der Waals surface area contributed by atoms with E-state index in [4.69, 9.17) is 11.6 Å². The zero-order valence-corrected chi connectivity index (χ0v) is 14.2. The van der Waals surface area contributed by atoms with E-state index in [9.17, 15) is 15.0 Å². The van der Waals surface area contributed by atoms with E-state index >= 15 is 0 Å². The van der Waals surface area contributed by atoms with Crippen LogP contribution in [0.5, 0.6) is 0 Å². The van der Waals surface area contributed by atoms with Gasteiger partial charge in [-0.1, -0.05) is 54.1 Å². The summed E-state index contributed by atoms with van der Waals surface area (Å²) in [5.41, 5.74) is 1.10. The van der Waals surface area contributed by atoms with Crippen LogP contribution in [-0.2, 0) is 0 Å². The number of carboxylic acids is 1. The number of carbonyl (C=O) groups is 1. The minimum Gasteiger partial charge on any atom is -0.545 e. The average Bonchev–Trinajstić information content (AvgIpc) is 2.54. The molecule has 2 aromatic carbocycles. The molecule has 0 saturated heterocycles. The molecule has 0 radical (unpaired) electrons. The third kappa shape index (κ3) is 6.40. The maximum atomic E-state index is 10.2. The van der Waals surface area contributed by atoms with Crippen molar-refractivity contribution in [2.75, 3.05) is 14.1 Å². The Morgan fingerprint density at radius 2 is 1.74 bits per heavy atom. The Morgan fingerprint density at radius 3 is 2.17 bits per heavy atom. The Balaban J connectivity index is 0.000000238. The summed E-state index contributed by atoms with van der Waals surface area (Å²) in [5.74, 6) is -1.21. The first-order chi connectivity index (χ1) is 10.8. The molecule has 124 valence electrons. The van der Waals surface area contributed by atoms with Crippen molar-refractivity contribution in [3.63, 3.8) is 0 Å². The maximum absolute atomic E-state index is 10.2. The Bertz CT molecular complexity index is 617. The number of nitrogens with one attached hydrogen (secondary N) is 1. The second kappa shape index (κ2) is 9.30. The highest BCUT2D eigenvalue weighted by Crippen LogP contribution is 2.13. The van der Waals surface area contributed by atoms with Gasteiger partial charge in [0.15, 0.2) is 0 Å². The van der Waals surface area contributed by atoms with Gasteiger partial charge in [0.05, 0.1) is 20.1 Å². The topological polar surface area (TPSA) is 64.8 Å². The van der Waals surface area contributed by atoms with Gasteiger partial charge in [-0.25, -0.2) is 0 Å². The van der Waals surface area contributed by atoms with Crippen molar-refractivity contribution in [3.8, 4) is 0 Å². The second-order valence-electron chi connectivity index (χ2n) is 5.52. The first kappa shape index (κ1) is 19.2. The van der Waals surface area contributed by atoms with E-state index in [1.165, 1.54) is 17.0 Å². The fourth-order valence-electron chi connectivity index (χ4n) is 1.87. The summed E-state index contributed by atoms with van der Waals surface area (Å²) in [5, 5.41) is 20.5. The van der Waals surface area contributed by atoms with Crippen LogP contribution in [-0.4, -0.2) is 31.2 Å². The van der Waals surface area contributed by atoms with Crippen LogP contribution in [0.1, 0.15) is 28.9 Å². The van der Waals surface area contributed by atoms with Gasteiger partial charge in [0, 0.05) is 5.02 Å². The van der Waals surface area contributed by atoms with Gasteiger partial charge in [-0.15, -0.1) is 0 Å². The highest BCUT2D eigenvalue weighted by Gasteiger charge is 2.20. The molecule has 0 unspecified atom stereocenters. The molecule has 0 saturated carbocycles. The number of likely N-dealkylation sites (N-methyl/N-ethyl adjacent to an activating group) is 1. The second-order valence-corrected chi connectivity index (χ2v) is 5.96. The molecule has 2 rings (SSSR count). The SMILES string of the molecule is C[C@H]([C@@H](O)c1ccccc1)[NH+](C)C.O=C([O-])c1cccc(Cl)c1. The predicted molar refractivity (Wildman–Crippen MR) is 89.5 cm³/mol. The number of aliphatic hydroxyl groups excluding tert-OH is 1. The van der Waals surface area contributed by atoms with Crippen LogP contribution in [0, 0.1) is 0 Å². The molecule has 0 spiro atoms. The molecule has 4 nitrogen and oxygen atoms in total. The molecule has 2 aromatic rings. The first-order valence-electron chi connectivity index (χ1n) is 7.33. The lowest BCUT2D eigenvalue weighted by atomic mass is 10.0. The lowest BCUT2D eigenvalue weighted by Crippen LogP contribution is -3.10. The smallest absolute Gasteiger partial charge is 0.130 e. The number of hydrogen-bond acceptors (Lipinski definition) is 3. The molecule has 5 heteroatoms. The standard InChI is InChI=1S/C11H17NO.C7H5ClO2/c1-9(12(2)3)11(13)10-7-5-4-6-8-10;8-6-3-1-2-5(4-6)7(9)10/h4-9,11,13H,1-3H3;1-4H,(H,9,10)/t9-,11-;/m1./s1. The summed E-state index contributed by atoms with van der Waals surface area (Å²) in [6.07, 6.45) is -0.369. The number of benzene rings is 2. The number of aromatic carboxylic acids is 1. The molecule has 0 fully saturated rings. The van der Waals surface area contributed by atoms with Crippen molar-refractivity contribution in [2.24, 2.45) is 0 Å². The van der Waals surface area contributed by atoms with Crippen LogP contribution < -0.4 is 10.0 Å². The monoisotopic (exact) mass is 335 g/mol. The van der Waals surface area contributed by atoms with E-state index in [-0.39, 0.29) is 17.7 Å². The quantitative estimate of drug-likeness (QED) is 0.874. The summed E-state index contributed by atoms with van der Waals surface area (Å²) in [7, 11) is 4.10. The van der Waals surface area contributed by atoms with Crippen LogP contribution in [0.15, 0.2) is 54.6 Å². The minimum atomic E-state index is -1.21. The molecular formula is C18H22ClNO3. The number of carboxylic acid groups (broad SMARTS) is 1. The Morgan fingerprint density at radius 1 is 1.13 bits per heavy atom. The summed E-state index contributed by atoms with van der Waals surface area (Å²) in [6.45, 7) is 2.05. The number of hydrogen-bond donors (Lipinski definition) is 2. The predicted octanol–water partition coefficient (Wildman–Crippen LogP) is 0.957. The van der Waals surface area contributed by atoms with Crippen LogP contribution in [0.25, 0.3) is 0 Å². The van der Waals surface area contributed by atoms with Crippen molar-refractivity contribution in [1.29, 1.82) is 0 Å². The van der Waals surface area contributed by atoms with Crippen molar-refractivity contribution in [1.82, 2.24) is 0 Å². The van der Waals surface area contributed by atoms with E-state index < -0.39 is 5.97 Å². The lowest BCUT2D eigenvalue weighted by molar-refractivity contribution is -0.888. The summed E-state index contributed by atoms with van der Waals surface area (Å²) in [4.78, 5) is 11.4. The lowest BCUT2D eigenvalue weighted by Gasteiger charge is -2.22. The molecule has 23 heavy (non-hydrogen) atoms. The van der Waals surface area contributed by atoms with E-state index in [1.807, 2.05) is 37.3 Å². The van der Waals surface area contributed by atoms with E-state index in [0.29, 0.717) is 5.02 Å². The number of aliphatic hydroxyl groups is 1. The molecule has 0 aromatic heterocycles. The van der Waals surface area contributed by atoms with Gasteiger partial charge in [-0.3, -0.25) is 0 Å². The summed E-state index contributed by atoms with van der Waals surface area (Å²) >= 11 is 5.50. The molecule has 0 heterocycles. The van der Waals surface area contributed by atoms with Gasteiger partial charge in [-0.2, -0.15) is 0 Å². The van der Waals surface area contributed by atoms with Crippen molar-refractivity contribution in [2.45, 2.75) is 19.1 Å². The maximum Gasteiger partial charge on any atom is 0.130 e. The zero-order valence-electron chi connectivity index (χ0n) is 13.5. The Kier molecular flexibility index (Phi) is 7.75. The molecular weight excluding hydrogens is 314 g/mol. The highest BCUT2D eigenvalue weighted by atomic mass is 35.5. The molecule has 0 bridgehead atoms. The first-order valence-corrected chi connectivity index (χ1v) is 7.70. The van der Waals surface area contributed by atoms with Gasteiger partial charge in [0.2, 0.25) is 0 Å². The third-order valence-electron chi connectivity index (χ3n) is 3.59. The number of quaternary nitrogens is 1. The molecule has 2 atom stereocenters. The van der Waals surface area contributed by atoms with Crippen LogP contribution in [0.4, 0.5) is 0 Å². The largest absolute Gasteiger partial charge is 0.545 e. The third-order valence-corrected chi connectivity index (χ3v) is 3.82. The average molecular weight is 336 g/mol. The molecule has 0 amide bonds. The van der Waals surface area contributed by atoms with Gasteiger partial charge in [0.25, 0.3) is 0 Å². The van der Waals surface area contributed by atoms with Crippen LogP contribution in [0.3, 0.4) is 0 Å². The van der Waals surface area contributed by atoms with Crippen molar-refractivity contribution >= 4 is 17.6 Å². The molecule has 0 aliphatic carbocycles. The summed E-state index contributed by atoms with van der Waals surface area (Å²) in [6, 6.07) is 16.0. The Labute approximate surface area is 141 Å². The van der Waals surface area contributed by atoms with Gasteiger partial charge in [-0.05, 0) is 30.2 Å². The van der Waals surface area contributed by atoms with E-state index in [1.54, 1.807) is 12.1 Å². The number of halogens is 1. The molecule has 2 N–H and O–H groups in total. The number of rotatable bonds is 4. The zero-order chi connectivity index (χ0) is 17.4. The Hall–Kier alpha value is -1.88. The normalized spacial score (nSPS) is 13.0. The molecule has 0 aliphatic rings. The van der Waals surface area contributed by atoms with Crippen LogP contribution >= 0.6 is 11.6 Å². The number of carbonyl (C=O) groups excluding carboxylic acids is 1. The van der Waals surface area contributed by atoms with Gasteiger partial charge in [0.1, 0.15) is 12.1 Å². The fraction of sp³-hybridized carbons (Fsp3) is 0.278. The van der Waals surface area contributed by atoms with Crippen LogP contribution in [0.2, 0.25) is 5.02 Å². The van der Waals surface area contributed by atoms with Crippen molar-refractivity contribution < 1.29 is 19.9 Å². The van der Waals surface area contributed by atoms with Gasteiger partial charge >= 0.3 is 0 Å². The van der Waals surface area contributed by atoms with E-state index in [0.717, 1.165) is 5.56 Å². The fourth-order valence-corrected chi connectivity index (χ4v) is 2.06. The van der Waals surface area contributed by atoms with Crippen molar-refractivity contribution in [3.05, 3.63) is 70.7 Å².